The molecular formula is C20H21N3O2. The van der Waals surface area contributed by atoms with Crippen molar-refractivity contribution in [2.24, 2.45) is 10.1 Å². The van der Waals surface area contributed by atoms with Gasteiger partial charge in [0.15, 0.2) is 5.54 Å². The lowest BCUT2D eigenvalue weighted by Gasteiger charge is -2.32. The number of aliphatic hydroxyl groups is 1. The van der Waals surface area contributed by atoms with E-state index >= 15 is 0 Å². The Morgan fingerprint density at radius 1 is 1.04 bits per heavy atom. The number of nitrogens with zero attached hydrogens (tertiary/aromatic N) is 3. The molecular weight excluding hydrogens is 314 g/mol. The van der Waals surface area contributed by atoms with Crippen LogP contribution in [0.25, 0.3) is 0 Å². The van der Waals surface area contributed by atoms with Gasteiger partial charge in [-0.1, -0.05) is 65.8 Å². The second kappa shape index (κ2) is 5.70. The van der Waals surface area contributed by atoms with Crippen molar-refractivity contribution in [1.82, 2.24) is 4.90 Å². The molecule has 0 saturated carbocycles. The summed E-state index contributed by atoms with van der Waals surface area (Å²) in [4.78, 5) is 12.5. The first-order valence-corrected chi connectivity index (χ1v) is 8.38. The van der Waals surface area contributed by atoms with Crippen LogP contribution in [0.3, 0.4) is 0 Å². The SMILES string of the molecule is CN(C)C1=N[C@@]2(Cc3ccccc3)C(c3ccccc3)=NO[C@]2(O)C1. The Hall–Kier alpha value is -2.66. The molecule has 5 nitrogen and oxygen atoms in total. The van der Waals surface area contributed by atoms with Crippen LogP contribution < -0.4 is 0 Å². The van der Waals surface area contributed by atoms with E-state index in [1.165, 1.54) is 0 Å². The lowest BCUT2D eigenvalue weighted by molar-refractivity contribution is -0.202. The first-order valence-electron chi connectivity index (χ1n) is 8.38. The number of hydrogen-bond donors (Lipinski definition) is 1. The molecule has 2 atom stereocenters. The average molecular weight is 335 g/mol. The van der Waals surface area contributed by atoms with Crippen molar-refractivity contribution in [2.45, 2.75) is 24.2 Å². The lowest BCUT2D eigenvalue weighted by Crippen LogP contribution is -2.54. The minimum absolute atomic E-state index is 0.312. The molecule has 4 rings (SSSR count). The Kier molecular flexibility index (Phi) is 3.62. The monoisotopic (exact) mass is 335 g/mol. The number of benzene rings is 2. The van der Waals surface area contributed by atoms with E-state index in [0.717, 1.165) is 17.0 Å². The van der Waals surface area contributed by atoms with E-state index in [-0.39, 0.29) is 0 Å². The fourth-order valence-corrected chi connectivity index (χ4v) is 3.55. The standard InChI is InChI=1S/C20H21N3O2/c1-23(2)17-14-20(24)19(21-17,13-15-9-5-3-6-10-15)18(22-25-20)16-11-7-4-8-12-16/h3-12,24H,13-14H2,1-2H3/t19-,20+/m0/s1. The zero-order valence-corrected chi connectivity index (χ0v) is 14.4. The molecule has 25 heavy (non-hydrogen) atoms. The largest absolute Gasteiger partial charge is 0.366 e. The molecule has 0 fully saturated rings. The zero-order valence-electron chi connectivity index (χ0n) is 14.4. The fourth-order valence-electron chi connectivity index (χ4n) is 3.55. The number of amidine groups is 1. The minimum Gasteiger partial charge on any atom is -0.366 e. The van der Waals surface area contributed by atoms with Crippen molar-refractivity contribution in [3.63, 3.8) is 0 Å². The molecule has 0 unspecified atom stereocenters. The van der Waals surface area contributed by atoms with Gasteiger partial charge >= 0.3 is 0 Å². The van der Waals surface area contributed by atoms with Crippen LogP contribution in [0.2, 0.25) is 0 Å². The summed E-state index contributed by atoms with van der Waals surface area (Å²) in [6.45, 7) is 0. The van der Waals surface area contributed by atoms with E-state index in [9.17, 15) is 5.11 Å². The van der Waals surface area contributed by atoms with Crippen LogP contribution in [-0.2, 0) is 11.3 Å². The molecule has 0 amide bonds. The topological polar surface area (TPSA) is 57.4 Å². The van der Waals surface area contributed by atoms with Crippen molar-refractivity contribution in [1.29, 1.82) is 0 Å². The van der Waals surface area contributed by atoms with Gasteiger partial charge < -0.3 is 14.8 Å². The second-order valence-electron chi connectivity index (χ2n) is 6.80. The normalized spacial score (nSPS) is 27.3. The number of fused-ring (bicyclic) bond motifs is 1. The van der Waals surface area contributed by atoms with E-state index in [2.05, 4.69) is 5.16 Å². The Labute approximate surface area is 147 Å². The molecule has 5 heteroatoms. The van der Waals surface area contributed by atoms with Gasteiger partial charge in [0.05, 0.1) is 6.42 Å². The Bertz CT molecular complexity index is 833. The first kappa shape index (κ1) is 15.8. The van der Waals surface area contributed by atoms with Gasteiger partial charge in [0, 0.05) is 26.1 Å². The molecule has 0 radical (unpaired) electrons. The van der Waals surface area contributed by atoms with E-state index in [1.807, 2.05) is 79.7 Å². The summed E-state index contributed by atoms with van der Waals surface area (Å²) in [6, 6.07) is 19.9. The summed E-state index contributed by atoms with van der Waals surface area (Å²) < 4.78 is 0. The van der Waals surface area contributed by atoms with Crippen LogP contribution in [0.4, 0.5) is 0 Å². The van der Waals surface area contributed by atoms with Gasteiger partial charge in [0.2, 0.25) is 0 Å². The average Bonchev–Trinajstić information content (AvgIpc) is 3.04. The lowest BCUT2D eigenvalue weighted by atomic mass is 9.78. The fraction of sp³-hybridized carbons (Fsp3) is 0.300. The second-order valence-corrected chi connectivity index (χ2v) is 6.80. The summed E-state index contributed by atoms with van der Waals surface area (Å²) in [5.41, 5.74) is 1.73. The van der Waals surface area contributed by atoms with Gasteiger partial charge in [-0.05, 0) is 5.56 Å². The zero-order chi connectivity index (χ0) is 17.5. The maximum absolute atomic E-state index is 11.3. The molecule has 2 aliphatic heterocycles. The molecule has 0 aromatic heterocycles. The molecule has 1 N–H and O–H groups in total. The van der Waals surface area contributed by atoms with Crippen LogP contribution in [0.1, 0.15) is 17.5 Å². The highest BCUT2D eigenvalue weighted by atomic mass is 16.7. The van der Waals surface area contributed by atoms with E-state index in [4.69, 9.17) is 9.83 Å². The van der Waals surface area contributed by atoms with Gasteiger partial charge in [-0.25, -0.2) is 0 Å². The van der Waals surface area contributed by atoms with Gasteiger partial charge in [0.25, 0.3) is 5.79 Å². The van der Waals surface area contributed by atoms with Crippen molar-refractivity contribution >= 4 is 11.5 Å². The summed E-state index contributed by atoms with van der Waals surface area (Å²) >= 11 is 0. The minimum atomic E-state index is -1.46. The van der Waals surface area contributed by atoms with Crippen LogP contribution in [0.5, 0.6) is 0 Å². The Morgan fingerprint density at radius 2 is 1.68 bits per heavy atom. The molecule has 2 aromatic rings. The van der Waals surface area contributed by atoms with Gasteiger partial charge in [-0.3, -0.25) is 4.99 Å². The third-order valence-electron chi connectivity index (χ3n) is 4.91. The van der Waals surface area contributed by atoms with E-state index in [1.54, 1.807) is 0 Å². The molecule has 0 bridgehead atoms. The van der Waals surface area contributed by atoms with Gasteiger partial charge in [0.1, 0.15) is 11.5 Å². The molecule has 128 valence electrons. The van der Waals surface area contributed by atoms with E-state index < -0.39 is 11.3 Å². The molecule has 0 aliphatic carbocycles. The molecule has 2 aromatic carbocycles. The van der Waals surface area contributed by atoms with Crippen LogP contribution in [0.15, 0.2) is 70.8 Å². The Morgan fingerprint density at radius 3 is 2.32 bits per heavy atom. The smallest absolute Gasteiger partial charge is 0.273 e. The maximum atomic E-state index is 11.3. The highest BCUT2D eigenvalue weighted by Crippen LogP contribution is 2.47. The molecule has 0 saturated heterocycles. The third kappa shape index (κ3) is 2.43. The summed E-state index contributed by atoms with van der Waals surface area (Å²) in [7, 11) is 3.86. The highest BCUT2D eigenvalue weighted by molar-refractivity contribution is 6.12. The van der Waals surface area contributed by atoms with Crippen LogP contribution in [0, 0.1) is 0 Å². The van der Waals surface area contributed by atoms with Gasteiger partial charge in [-0.2, -0.15) is 0 Å². The summed E-state index contributed by atoms with van der Waals surface area (Å²) in [6.07, 6.45) is 0.835. The maximum Gasteiger partial charge on any atom is 0.273 e. The third-order valence-corrected chi connectivity index (χ3v) is 4.91. The number of oxime groups is 1. The van der Waals surface area contributed by atoms with Crippen molar-refractivity contribution in [2.75, 3.05) is 14.1 Å². The first-order chi connectivity index (χ1) is 12.0. The quantitative estimate of drug-likeness (QED) is 0.937. The van der Waals surface area contributed by atoms with Crippen molar-refractivity contribution in [3.05, 3.63) is 71.8 Å². The van der Waals surface area contributed by atoms with Gasteiger partial charge in [-0.15, -0.1) is 0 Å². The van der Waals surface area contributed by atoms with Crippen LogP contribution >= 0.6 is 0 Å². The van der Waals surface area contributed by atoms with Crippen molar-refractivity contribution < 1.29 is 9.94 Å². The van der Waals surface area contributed by atoms with Crippen molar-refractivity contribution in [3.8, 4) is 0 Å². The Balaban J connectivity index is 1.85. The molecule has 0 spiro atoms. The summed E-state index contributed by atoms with van der Waals surface area (Å²) in [5, 5.41) is 15.6. The molecule has 2 aliphatic rings. The number of rotatable bonds is 3. The number of hydrogen-bond acceptors (Lipinski definition) is 5. The van der Waals surface area contributed by atoms with E-state index in [0.29, 0.717) is 18.6 Å². The summed E-state index contributed by atoms with van der Waals surface area (Å²) in [5.74, 6) is -0.657. The predicted molar refractivity (Wildman–Crippen MR) is 97.6 cm³/mol. The van der Waals surface area contributed by atoms with Crippen LogP contribution in [-0.4, -0.2) is 47.0 Å². The highest BCUT2D eigenvalue weighted by Gasteiger charge is 2.65. The molecule has 2 heterocycles. The number of aliphatic imine (C=N–C) groups is 1. The predicted octanol–water partition coefficient (Wildman–Crippen LogP) is 2.45.